The number of rotatable bonds is 49. The Balaban J connectivity index is 0.000000542. The van der Waals surface area contributed by atoms with Gasteiger partial charge in [-0.3, -0.25) is 65.8 Å². The molecule has 4 amide bonds. The van der Waals surface area contributed by atoms with Crippen LogP contribution in [0, 0.1) is 10.8 Å². The van der Waals surface area contributed by atoms with Crippen LogP contribution < -0.4 is 71.9 Å². The molecule has 118 heavy (non-hydrogen) atoms. The Hall–Kier alpha value is -6.18. The maximum Gasteiger partial charge on any atom is 0.303 e. The first-order chi connectivity index (χ1) is 54.2. The Labute approximate surface area is 678 Å². The number of fused-ring (bicyclic) bond motifs is 2. The van der Waals surface area contributed by atoms with Crippen LogP contribution in [-0.2, 0) is 111 Å². The number of unbranched alkanes of at least 4 members (excludes halogenated alkanes) is 4. The van der Waals surface area contributed by atoms with E-state index in [-0.39, 0.29) is 108 Å². The number of aliphatic hydroxyl groups is 4. The number of nitrogens with one attached hydrogen (secondary N) is 4. The van der Waals surface area contributed by atoms with E-state index < -0.39 is 187 Å². The van der Waals surface area contributed by atoms with Gasteiger partial charge >= 0.3 is 17.9 Å². The highest BCUT2D eigenvalue weighted by Gasteiger charge is 2.49. The van der Waals surface area contributed by atoms with Crippen molar-refractivity contribution in [2.75, 3.05) is 75.6 Å². The minimum absolute atomic E-state index is 0. The number of anilines is 2. The molecule has 6 heterocycles. The van der Waals surface area contributed by atoms with Crippen LogP contribution >= 0.6 is 71.3 Å². The van der Waals surface area contributed by atoms with E-state index in [9.17, 15) is 125 Å². The lowest BCUT2D eigenvalue weighted by Crippen LogP contribution is -2.46. The second kappa shape index (κ2) is 48.0. The molecule has 0 radical (unpaired) electrons. The number of hydrogen-bond acceptors (Lipinski definition) is 46. The lowest BCUT2D eigenvalue weighted by Gasteiger charge is -2.36. The zero-order chi connectivity index (χ0) is 88.2. The Kier molecular flexibility index (Phi) is 43.1. The molecular formula is C56H88N14O40P6S2-8. The number of carboxylic acid groups (broad SMARTS) is 3. The normalized spacial score (nSPS) is 20.8. The van der Waals surface area contributed by atoms with Crippen LogP contribution in [0.4, 0.5) is 11.6 Å². The standard InChI is InChI=1S/C28H46N7O19P3S.C21H36N7O16P3S.C7H12O4.H2O/c1-28(2,23(41)26(42)31-9-8-17(36)30-10-11-58-19(39)7-5-3-4-6-18(37)38)13-51-57(48,49)54-56(46,47)50-12-16-22(53-55(43,44)45)21(40)27(52-16)35-15-34-20-24(29)32-14-33-25(20)35;1-21(2,16(31)19(32)24-4-3-12(29)23-5-6-48)8-41-47(38,39)44-46(36,37)40-7-11-15(43-45(33,34)35)14(30)20(42-11)28-10-27-13-17(22)25-9-26-18(13)28;8-6(9)4-2-1-3-5-7(10)11;/h14-16,21-23,27,40-41H,3-13H2,1-2H3,(H,30,36)(H,31,42)(H,37,38)(H,46,47)(H,48,49)(H2,29,32,33)(H2,43,44,45);9-11,14-16,20,30-31,48H,3-8H2,1-2H3,(H,23,29)(H,24,32)(H,36,37)(H,38,39)(H2,22,25,26)(H2,33,34,35);1-5H2,(H,8,9)(H,10,11);1H2/p-8. The molecule has 0 spiro atoms. The average molecular weight is 1850 g/mol. The summed E-state index contributed by atoms with van der Waals surface area (Å²) in [5, 5.41) is 77.0. The van der Waals surface area contributed by atoms with Crippen molar-refractivity contribution in [3.8, 4) is 0 Å². The van der Waals surface area contributed by atoms with Gasteiger partial charge in [-0.15, -0.1) is 0 Å². The first-order valence-corrected chi connectivity index (χ1v) is 44.6. The molecule has 0 aromatic carbocycles. The summed E-state index contributed by atoms with van der Waals surface area (Å²) in [7, 11) is -35.1. The van der Waals surface area contributed by atoms with E-state index in [2.05, 4.69) is 99.6 Å². The van der Waals surface area contributed by atoms with Crippen LogP contribution in [0.1, 0.15) is 117 Å². The summed E-state index contributed by atoms with van der Waals surface area (Å²) < 4.78 is 121. The summed E-state index contributed by atoms with van der Waals surface area (Å²) in [6, 6.07) is 0. The van der Waals surface area contributed by atoms with Gasteiger partial charge in [-0.1, -0.05) is 52.3 Å². The number of thiol groups is 1. The zero-order valence-electron chi connectivity index (χ0n) is 62.6. The highest BCUT2D eigenvalue weighted by molar-refractivity contribution is 8.13. The Bertz CT molecular complexity index is 4300. The van der Waals surface area contributed by atoms with Gasteiger partial charge in [0.15, 0.2) is 40.5 Å². The number of imidazole rings is 2. The monoisotopic (exact) mass is 1850 g/mol. The van der Waals surface area contributed by atoms with Crippen molar-refractivity contribution in [1.82, 2.24) is 60.3 Å². The van der Waals surface area contributed by atoms with Crippen molar-refractivity contribution in [2.45, 2.75) is 166 Å². The van der Waals surface area contributed by atoms with E-state index in [4.69, 9.17) is 36.3 Å². The minimum atomic E-state index is -5.93. The topological polar surface area (TPSA) is 876 Å². The number of phosphoric ester groups is 6. The number of carbonyl (C=O) groups is 8. The fourth-order valence-corrected chi connectivity index (χ4v) is 16.2. The molecule has 2 fully saturated rings. The smallest absolute Gasteiger partial charge is 0.303 e. The maximum atomic E-state index is 12.5. The van der Waals surface area contributed by atoms with E-state index in [1.54, 1.807) is 0 Å². The number of aliphatic hydroxyl groups excluding tert-OH is 4. The molecule has 4 aromatic heterocycles. The third-order valence-corrected chi connectivity index (χ3v) is 23.0. The number of nitrogens with two attached hydrogens (primary N) is 2. The van der Waals surface area contributed by atoms with Crippen LogP contribution in [0.5, 0.6) is 0 Å². The van der Waals surface area contributed by atoms with Crippen molar-refractivity contribution in [1.29, 1.82) is 0 Å². The number of nitrogens with zero attached hydrogens (tertiary/aromatic N) is 8. The number of ether oxygens (including phenoxy) is 2. The van der Waals surface area contributed by atoms with E-state index in [1.807, 2.05) is 0 Å². The number of carboxylic acids is 3. The third-order valence-electron chi connectivity index (χ3n) is 15.8. The molecule has 672 valence electrons. The number of carbonyl (C=O) groups excluding carboxylic acids is 5. The molecule has 2 saturated heterocycles. The summed E-state index contributed by atoms with van der Waals surface area (Å²) in [4.78, 5) is 209. The van der Waals surface area contributed by atoms with E-state index >= 15 is 0 Å². The van der Waals surface area contributed by atoms with Crippen LogP contribution in [-0.4, -0.2) is 240 Å². The SMILES string of the molecule is CC(C)(COP(=O)([O-])OP(=O)([O-])OCC1OC(n2cnc3c(N)ncnc32)C(O)C1OP(=O)([O-])[O-])C(O)C(=O)NCCC(=O)NCCS.CC(C)(COP(=O)([O-])OP(=O)([O-])OCC1OC(n2cnc3c(N)ncnc32)C(O)C1OP(=O)([O-])[O-])C(O)C(=O)NCCC(=O)NCCSC(=O)CCCCCC(=O)O.O.O=C(O)CCCCCC(=O)O. The highest BCUT2D eigenvalue weighted by Crippen LogP contribution is 2.58. The predicted molar refractivity (Wildman–Crippen MR) is 386 cm³/mol. The second-order valence-electron chi connectivity index (χ2n) is 26.2. The van der Waals surface area contributed by atoms with Gasteiger partial charge in [0, 0.05) is 87.0 Å². The van der Waals surface area contributed by atoms with Crippen molar-refractivity contribution < 1.29 is 191 Å². The van der Waals surface area contributed by atoms with Gasteiger partial charge in [-0.05, 0) is 25.7 Å². The van der Waals surface area contributed by atoms with Crippen LogP contribution in [0.25, 0.3) is 22.3 Å². The Morgan fingerprint density at radius 2 is 0.873 bits per heavy atom. The van der Waals surface area contributed by atoms with Crippen LogP contribution in [0.15, 0.2) is 25.3 Å². The van der Waals surface area contributed by atoms with Gasteiger partial charge in [0.2, 0.25) is 23.6 Å². The highest BCUT2D eigenvalue weighted by atomic mass is 32.2. The van der Waals surface area contributed by atoms with Gasteiger partial charge in [0.05, 0.1) is 54.7 Å². The van der Waals surface area contributed by atoms with Gasteiger partial charge in [0.1, 0.15) is 72.5 Å². The Morgan fingerprint density at radius 3 is 1.22 bits per heavy atom. The largest absolute Gasteiger partial charge is 0.790 e. The van der Waals surface area contributed by atoms with Crippen molar-refractivity contribution >= 4 is 152 Å². The van der Waals surface area contributed by atoms with Gasteiger partial charge in [-0.25, -0.2) is 38.5 Å². The molecule has 0 aliphatic carbocycles. The predicted octanol–water partition coefficient (Wildman–Crippen LogP) is -6.74. The number of hydrogen-bond donors (Lipinski definition) is 14. The fraction of sp³-hybridized carbons (Fsp3) is 0.679. The number of aromatic nitrogens is 8. The van der Waals surface area contributed by atoms with Crippen molar-refractivity contribution in [2.24, 2.45) is 10.8 Å². The lowest BCUT2D eigenvalue weighted by atomic mass is 9.87. The third kappa shape index (κ3) is 37.3. The molecule has 0 bridgehead atoms. The Morgan fingerprint density at radius 1 is 0.525 bits per heavy atom. The summed E-state index contributed by atoms with van der Waals surface area (Å²) in [6.45, 7) is 0.279. The van der Waals surface area contributed by atoms with E-state index in [0.29, 0.717) is 50.8 Å². The molecule has 0 saturated carbocycles. The molecular weight excluding hydrogens is 1760 g/mol. The van der Waals surface area contributed by atoms with E-state index in [0.717, 1.165) is 46.2 Å². The summed E-state index contributed by atoms with van der Waals surface area (Å²) in [6.07, 6.45) is -11.1. The molecule has 2 aliphatic heterocycles. The number of aliphatic carboxylic acids is 3. The van der Waals surface area contributed by atoms with E-state index in [1.165, 1.54) is 27.7 Å². The first-order valence-electron chi connectivity index (χ1n) is 34.3. The molecule has 62 heteroatoms. The number of thioether (sulfide) groups is 1. The fourth-order valence-electron chi connectivity index (χ4n) is 9.91. The minimum Gasteiger partial charge on any atom is -0.790 e. The van der Waals surface area contributed by atoms with Crippen molar-refractivity contribution in [3.63, 3.8) is 0 Å². The molecule has 54 nitrogen and oxygen atoms in total. The zero-order valence-corrected chi connectivity index (χ0v) is 69.7. The molecule has 14 atom stereocenters. The number of nitrogen functional groups attached to an aromatic ring is 2. The quantitative estimate of drug-likeness (QED) is 0.0111. The molecule has 14 unspecified atom stereocenters. The molecule has 17 N–H and O–H groups in total. The first kappa shape index (κ1) is 106. The molecule has 6 rings (SSSR count). The molecule has 2 aliphatic rings. The average Bonchev–Trinajstić information content (AvgIpc) is 1.62. The van der Waals surface area contributed by atoms with Crippen molar-refractivity contribution in [3.05, 3.63) is 25.3 Å². The summed E-state index contributed by atoms with van der Waals surface area (Å²) >= 11 is 4.94. The maximum absolute atomic E-state index is 12.5. The van der Waals surface area contributed by atoms with Crippen LogP contribution in [0.3, 0.4) is 0 Å². The second-order valence-corrected chi connectivity index (χ2v) is 35.9. The lowest BCUT2D eigenvalue weighted by molar-refractivity contribution is -0.348. The summed E-state index contributed by atoms with van der Waals surface area (Å²) in [5.41, 5.74) is 8.13. The number of amides is 4. The number of phosphoric acid groups is 6. The van der Waals surface area contributed by atoms with Crippen LogP contribution in [0.2, 0.25) is 0 Å². The van der Waals surface area contributed by atoms with Gasteiger partial charge < -0.3 is 159 Å². The van der Waals surface area contributed by atoms with Gasteiger partial charge in [-0.2, -0.15) is 12.6 Å². The molecule has 4 aromatic rings. The summed E-state index contributed by atoms with van der Waals surface area (Å²) in [5.74, 6) is -4.93. The van der Waals surface area contributed by atoms with Gasteiger partial charge in [0.25, 0.3) is 31.3 Å².